The summed E-state index contributed by atoms with van der Waals surface area (Å²) in [6.45, 7) is 3.19. The highest BCUT2D eigenvalue weighted by molar-refractivity contribution is 7.80. The van der Waals surface area contributed by atoms with Crippen molar-refractivity contribution in [3.05, 3.63) is 0 Å². The Kier molecular flexibility index (Phi) is 5.46. The van der Waals surface area contributed by atoms with Crippen LogP contribution in [0.5, 0.6) is 0 Å². The van der Waals surface area contributed by atoms with Crippen LogP contribution in [0.1, 0.15) is 27.7 Å². The molecule has 24 heavy (non-hydrogen) atoms. The zero-order chi connectivity index (χ0) is 19.2. The molecule has 6 atom stereocenters. The average Bonchev–Trinajstić information content (AvgIpc) is 2.46. The summed E-state index contributed by atoms with van der Waals surface area (Å²) >= 11 is 3.81. The van der Waals surface area contributed by atoms with Crippen molar-refractivity contribution in [2.75, 3.05) is 0 Å². The fourth-order valence-electron chi connectivity index (χ4n) is 2.95. The van der Waals surface area contributed by atoms with Crippen LogP contribution in [-0.2, 0) is 23.9 Å². The first-order chi connectivity index (χ1) is 10.7. The number of hydrogen-bond acceptors (Lipinski definition) is 10. The number of rotatable bonds is 5. The molecular weight excluding hydrogens is 344 g/mol. The Bertz CT molecular complexity index is 605. The van der Waals surface area contributed by atoms with Crippen molar-refractivity contribution in [3.8, 4) is 0 Å². The SMILES string of the molecule is CC(=O)C(O)[C@H]1O[C@H](S)[C@](O)(C(C)=O)[C@](O)(C(C)=O)[C@@]1(O)C(C)=O. The van der Waals surface area contributed by atoms with Crippen molar-refractivity contribution in [3.63, 3.8) is 0 Å². The largest absolute Gasteiger partial charge is 0.382 e. The Morgan fingerprint density at radius 1 is 0.917 bits per heavy atom. The van der Waals surface area contributed by atoms with Crippen molar-refractivity contribution in [2.45, 2.75) is 62.1 Å². The normalized spacial score (nSPS) is 40.7. The van der Waals surface area contributed by atoms with Crippen molar-refractivity contribution in [2.24, 2.45) is 0 Å². The Morgan fingerprint density at radius 2 is 1.33 bits per heavy atom. The zero-order valence-corrected chi connectivity index (χ0v) is 14.4. The molecule has 0 bridgehead atoms. The molecular formula is C14H20O9S. The molecule has 0 radical (unpaired) electrons. The van der Waals surface area contributed by atoms with Gasteiger partial charge in [0.2, 0.25) is 5.60 Å². The molecule has 0 aliphatic carbocycles. The highest BCUT2D eigenvalue weighted by atomic mass is 32.1. The first kappa shape index (κ1) is 20.9. The van der Waals surface area contributed by atoms with E-state index in [-0.39, 0.29) is 0 Å². The molecule has 0 amide bonds. The Hall–Kier alpha value is -1.17. The fraction of sp³-hybridized carbons (Fsp3) is 0.714. The lowest BCUT2D eigenvalue weighted by molar-refractivity contribution is -0.311. The highest BCUT2D eigenvalue weighted by Gasteiger charge is 2.78. The number of hydrogen-bond donors (Lipinski definition) is 5. The quantitative estimate of drug-likeness (QED) is 0.334. The van der Waals surface area contributed by atoms with Gasteiger partial charge in [-0.1, -0.05) is 0 Å². The molecule has 0 spiro atoms. The van der Waals surface area contributed by atoms with Crippen LogP contribution in [0.3, 0.4) is 0 Å². The summed E-state index contributed by atoms with van der Waals surface area (Å²) < 4.78 is 5.05. The first-order valence-electron chi connectivity index (χ1n) is 6.92. The Morgan fingerprint density at radius 3 is 1.62 bits per heavy atom. The van der Waals surface area contributed by atoms with Gasteiger partial charge in [0.1, 0.15) is 17.6 Å². The van der Waals surface area contributed by atoms with Gasteiger partial charge in [-0.25, -0.2) is 0 Å². The molecule has 1 heterocycles. The van der Waals surface area contributed by atoms with Crippen molar-refractivity contribution >= 4 is 35.8 Å². The second-order valence-corrected chi connectivity index (χ2v) is 6.35. The number of thiol groups is 1. The van der Waals surface area contributed by atoms with Crippen LogP contribution < -0.4 is 0 Å². The minimum atomic E-state index is -3.40. The van der Waals surface area contributed by atoms with Crippen LogP contribution in [0, 0.1) is 0 Å². The molecule has 10 heteroatoms. The summed E-state index contributed by atoms with van der Waals surface area (Å²) in [5.74, 6) is -4.80. The predicted molar refractivity (Wildman–Crippen MR) is 81.2 cm³/mol. The van der Waals surface area contributed by atoms with Gasteiger partial charge in [0.25, 0.3) is 0 Å². The molecule has 1 fully saturated rings. The third-order valence-corrected chi connectivity index (χ3v) is 4.93. The smallest absolute Gasteiger partial charge is 0.200 e. The fourth-order valence-corrected chi connectivity index (χ4v) is 3.45. The molecule has 0 aromatic carbocycles. The minimum absolute atomic E-state index is 0.727. The maximum Gasteiger partial charge on any atom is 0.200 e. The van der Waals surface area contributed by atoms with Gasteiger partial charge < -0.3 is 25.2 Å². The van der Waals surface area contributed by atoms with Crippen LogP contribution in [0.25, 0.3) is 0 Å². The number of carbonyl (C=O) groups is 4. The molecule has 1 aliphatic rings. The molecule has 0 aromatic heterocycles. The lowest BCUT2D eigenvalue weighted by atomic mass is 9.60. The number of aliphatic hydroxyl groups excluding tert-OH is 1. The van der Waals surface area contributed by atoms with Gasteiger partial charge in [-0.15, -0.1) is 12.6 Å². The van der Waals surface area contributed by atoms with Crippen LogP contribution >= 0.6 is 12.6 Å². The molecule has 1 saturated heterocycles. The van der Waals surface area contributed by atoms with E-state index in [1.54, 1.807) is 0 Å². The monoisotopic (exact) mass is 364 g/mol. The van der Waals surface area contributed by atoms with Crippen molar-refractivity contribution in [1.82, 2.24) is 0 Å². The van der Waals surface area contributed by atoms with Gasteiger partial charge in [0.05, 0.1) is 0 Å². The molecule has 136 valence electrons. The van der Waals surface area contributed by atoms with Gasteiger partial charge in [0.15, 0.2) is 34.3 Å². The summed E-state index contributed by atoms with van der Waals surface area (Å²) in [4.78, 5) is 47.6. The minimum Gasteiger partial charge on any atom is -0.382 e. The molecule has 9 nitrogen and oxygen atoms in total. The number of ketones is 4. The van der Waals surface area contributed by atoms with E-state index in [0.717, 1.165) is 27.7 Å². The van der Waals surface area contributed by atoms with Gasteiger partial charge in [-0.2, -0.15) is 0 Å². The van der Waals surface area contributed by atoms with E-state index >= 15 is 0 Å². The van der Waals surface area contributed by atoms with Crippen molar-refractivity contribution < 1.29 is 44.3 Å². The molecule has 0 saturated carbocycles. The first-order valence-corrected chi connectivity index (χ1v) is 7.44. The van der Waals surface area contributed by atoms with Crippen molar-refractivity contribution in [1.29, 1.82) is 0 Å². The maximum atomic E-state index is 12.1. The summed E-state index contributed by atoms with van der Waals surface area (Å²) in [7, 11) is 0. The average molecular weight is 364 g/mol. The lowest BCUT2D eigenvalue weighted by Gasteiger charge is -2.57. The van der Waals surface area contributed by atoms with E-state index < -0.39 is 57.6 Å². The maximum absolute atomic E-state index is 12.1. The molecule has 1 aliphatic heterocycles. The van der Waals surface area contributed by atoms with Crippen LogP contribution in [0.2, 0.25) is 0 Å². The van der Waals surface area contributed by atoms with Gasteiger partial charge >= 0.3 is 0 Å². The molecule has 4 N–H and O–H groups in total. The van der Waals surface area contributed by atoms with Gasteiger partial charge in [-0.05, 0) is 27.7 Å². The van der Waals surface area contributed by atoms with Gasteiger partial charge in [-0.3, -0.25) is 19.2 Å². The lowest BCUT2D eigenvalue weighted by Crippen LogP contribution is -2.86. The summed E-state index contributed by atoms with van der Waals surface area (Å²) in [6, 6.07) is 0. The summed E-state index contributed by atoms with van der Waals surface area (Å²) in [6.07, 6.45) is -4.26. The standard InChI is InChI=1S/C14H20O9S/c1-5(15)9(19)10-12(20,6(2)16)14(22,8(4)18)13(21,7(3)17)11(24)23-10/h9-11,19-22,24H,1-4H3/t9?,10-,11-,12-,13-,14+/m1/s1. The highest BCUT2D eigenvalue weighted by Crippen LogP contribution is 2.48. The van der Waals surface area contributed by atoms with Gasteiger partial charge in [0, 0.05) is 0 Å². The van der Waals surface area contributed by atoms with E-state index in [2.05, 4.69) is 12.6 Å². The number of ether oxygens (including phenoxy) is 1. The van der Waals surface area contributed by atoms with E-state index in [9.17, 15) is 39.6 Å². The van der Waals surface area contributed by atoms with Crippen LogP contribution in [-0.4, -0.2) is 78.0 Å². The topological polar surface area (TPSA) is 158 Å². The third-order valence-electron chi connectivity index (χ3n) is 4.43. The van der Waals surface area contributed by atoms with E-state index in [0.29, 0.717) is 0 Å². The molecule has 1 unspecified atom stereocenters. The zero-order valence-electron chi connectivity index (χ0n) is 13.5. The second-order valence-electron chi connectivity index (χ2n) is 5.88. The van der Waals surface area contributed by atoms with Crippen LogP contribution in [0.4, 0.5) is 0 Å². The number of aliphatic hydroxyl groups is 4. The second kappa shape index (κ2) is 6.28. The van der Waals surface area contributed by atoms with E-state index in [4.69, 9.17) is 4.74 Å². The van der Waals surface area contributed by atoms with E-state index in [1.165, 1.54) is 0 Å². The molecule has 0 aromatic rings. The van der Waals surface area contributed by atoms with E-state index in [1.807, 2.05) is 0 Å². The Balaban J connectivity index is 3.86. The molecule has 1 rings (SSSR count). The third kappa shape index (κ3) is 2.37. The number of carbonyl (C=O) groups excluding carboxylic acids is 4. The van der Waals surface area contributed by atoms with Crippen LogP contribution in [0.15, 0.2) is 0 Å². The number of Topliss-reactive ketones (excluding diaryl/α,β-unsaturated/α-hetero) is 4. The summed E-state index contributed by atoms with van der Waals surface area (Å²) in [5.41, 5.74) is -11.7. The summed E-state index contributed by atoms with van der Waals surface area (Å²) in [5, 5.41) is 42.3. The predicted octanol–water partition coefficient (Wildman–Crippen LogP) is -2.45. The Labute approximate surface area is 143 Å².